The maximum atomic E-state index is 6.63. The molecule has 1 aliphatic carbocycles. The van der Waals surface area contributed by atoms with E-state index in [1.54, 1.807) is 0 Å². The Kier molecular flexibility index (Phi) is 3.08. The number of aryl methyl sites for hydroxylation is 1. The minimum absolute atomic E-state index is 0.00745. The highest BCUT2D eigenvalue weighted by atomic mass is 16.5. The fraction of sp³-hybridized carbons (Fsp3) is 0.478. The van der Waals surface area contributed by atoms with Crippen molar-refractivity contribution in [2.45, 2.75) is 58.5 Å². The summed E-state index contributed by atoms with van der Waals surface area (Å²) in [6, 6.07) is 11.0. The lowest BCUT2D eigenvalue weighted by atomic mass is 9.64. The molecular weight excluding hydrogens is 306 g/mol. The Labute approximate surface area is 149 Å². The number of rotatable bonds is 1. The summed E-state index contributed by atoms with van der Waals surface area (Å²) in [5, 5.41) is 2.68. The Bertz CT molecular complexity index is 983. The molecule has 2 bridgehead atoms. The second-order valence-electron chi connectivity index (χ2n) is 8.84. The van der Waals surface area contributed by atoms with E-state index in [-0.39, 0.29) is 5.60 Å². The lowest BCUT2D eigenvalue weighted by molar-refractivity contribution is -0.00758. The second kappa shape index (κ2) is 5.03. The van der Waals surface area contributed by atoms with Crippen molar-refractivity contribution in [3.05, 3.63) is 41.5 Å². The van der Waals surface area contributed by atoms with Gasteiger partial charge in [0.25, 0.3) is 0 Å². The van der Waals surface area contributed by atoms with Gasteiger partial charge >= 0.3 is 0 Å². The third-order valence-electron chi connectivity index (χ3n) is 6.73. The number of aromatic amines is 1. The van der Waals surface area contributed by atoms with Crippen LogP contribution in [0.15, 0.2) is 30.3 Å². The number of ether oxygens (including phenoxy) is 1. The third-order valence-corrected chi connectivity index (χ3v) is 6.73. The quantitative estimate of drug-likeness (QED) is 0.554. The largest absolute Gasteiger partial charge is 0.487 e. The molecule has 130 valence electrons. The van der Waals surface area contributed by atoms with Gasteiger partial charge in [-0.15, -0.1) is 0 Å². The summed E-state index contributed by atoms with van der Waals surface area (Å²) in [7, 11) is 0. The highest BCUT2D eigenvalue weighted by Crippen LogP contribution is 2.56. The monoisotopic (exact) mass is 333 g/mol. The van der Waals surface area contributed by atoms with E-state index in [9.17, 15) is 0 Å². The zero-order chi connectivity index (χ0) is 17.3. The predicted molar refractivity (Wildman–Crippen MR) is 104 cm³/mol. The molecule has 1 fully saturated rings. The molecule has 1 saturated carbocycles. The van der Waals surface area contributed by atoms with Crippen LogP contribution < -0.4 is 4.74 Å². The van der Waals surface area contributed by atoms with E-state index < -0.39 is 0 Å². The maximum Gasteiger partial charge on any atom is 0.128 e. The van der Waals surface area contributed by atoms with Crippen LogP contribution in [0.5, 0.6) is 5.75 Å². The number of para-hydroxylation sites is 1. The van der Waals surface area contributed by atoms with Crippen molar-refractivity contribution in [1.82, 2.24) is 4.98 Å². The third kappa shape index (κ3) is 2.09. The van der Waals surface area contributed by atoms with Gasteiger partial charge in [-0.3, -0.25) is 0 Å². The van der Waals surface area contributed by atoms with Crippen LogP contribution in [-0.4, -0.2) is 10.6 Å². The molecule has 3 aromatic rings. The number of fused-ring (bicyclic) bond motifs is 8. The Morgan fingerprint density at radius 1 is 1.20 bits per heavy atom. The number of aromatic nitrogens is 1. The van der Waals surface area contributed by atoms with E-state index in [0.717, 1.165) is 18.1 Å². The van der Waals surface area contributed by atoms with Gasteiger partial charge in [0.1, 0.15) is 11.4 Å². The highest BCUT2D eigenvalue weighted by molar-refractivity contribution is 6.09. The zero-order valence-corrected chi connectivity index (χ0v) is 15.6. The normalized spacial score (nSPS) is 28.4. The first-order chi connectivity index (χ1) is 12.0. The summed E-state index contributed by atoms with van der Waals surface area (Å²) >= 11 is 0. The molecule has 0 unspecified atom stereocenters. The Morgan fingerprint density at radius 2 is 2.00 bits per heavy atom. The van der Waals surface area contributed by atoms with Crippen LogP contribution in [0.2, 0.25) is 0 Å². The van der Waals surface area contributed by atoms with Gasteiger partial charge in [0, 0.05) is 21.9 Å². The van der Waals surface area contributed by atoms with Gasteiger partial charge in [-0.1, -0.05) is 32.0 Å². The molecule has 0 radical (unpaired) electrons. The van der Waals surface area contributed by atoms with Crippen LogP contribution in [0.3, 0.4) is 0 Å². The van der Waals surface area contributed by atoms with E-state index in [2.05, 4.69) is 63.0 Å². The molecule has 0 spiro atoms. The molecular formula is C23H27NO. The summed E-state index contributed by atoms with van der Waals surface area (Å²) in [5.41, 5.74) is 5.28. The lowest BCUT2D eigenvalue weighted by Crippen LogP contribution is -2.45. The molecule has 5 rings (SSSR count). The molecule has 1 aliphatic heterocycles. The SMILES string of the molecule is Cc1cc2c([nH]c3ccccc32)c2c1O[C@@]1(C)CC[C@H](C(C)C)[C@@H]2C1. The predicted octanol–water partition coefficient (Wildman–Crippen LogP) is 6.32. The Hall–Kier alpha value is -1.96. The standard InChI is InChI=1S/C23H27NO/c1-13(2)15-9-10-23(4)12-18(15)20-21-17(11-14(3)22(20)25-23)16-7-5-6-8-19(16)24-21/h5-8,11,13,15,18,24H,9-10,12H2,1-4H3/t15-,18+,23+/m1/s1. The van der Waals surface area contributed by atoms with Crippen molar-refractivity contribution in [2.24, 2.45) is 11.8 Å². The second-order valence-corrected chi connectivity index (χ2v) is 8.84. The van der Waals surface area contributed by atoms with E-state index >= 15 is 0 Å². The van der Waals surface area contributed by atoms with Crippen molar-refractivity contribution < 1.29 is 4.74 Å². The Morgan fingerprint density at radius 3 is 2.80 bits per heavy atom. The van der Waals surface area contributed by atoms with E-state index in [1.165, 1.54) is 45.8 Å². The first kappa shape index (κ1) is 15.3. The molecule has 2 heterocycles. The molecule has 2 aliphatic rings. The van der Waals surface area contributed by atoms with Crippen LogP contribution >= 0.6 is 0 Å². The van der Waals surface area contributed by atoms with Crippen molar-refractivity contribution in [1.29, 1.82) is 0 Å². The topological polar surface area (TPSA) is 25.0 Å². The van der Waals surface area contributed by atoms with Crippen molar-refractivity contribution in [3.63, 3.8) is 0 Å². The zero-order valence-electron chi connectivity index (χ0n) is 15.6. The van der Waals surface area contributed by atoms with Crippen LogP contribution in [0.25, 0.3) is 21.8 Å². The average Bonchev–Trinajstić information content (AvgIpc) is 2.93. The van der Waals surface area contributed by atoms with Gasteiger partial charge in [-0.2, -0.15) is 0 Å². The lowest BCUT2D eigenvalue weighted by Gasteiger charge is -2.49. The molecule has 25 heavy (non-hydrogen) atoms. The maximum absolute atomic E-state index is 6.63. The van der Waals surface area contributed by atoms with Gasteiger partial charge in [0.15, 0.2) is 0 Å². The van der Waals surface area contributed by atoms with Crippen LogP contribution in [0.4, 0.5) is 0 Å². The summed E-state index contributed by atoms with van der Waals surface area (Å²) in [4.78, 5) is 3.73. The highest BCUT2D eigenvalue weighted by Gasteiger charge is 2.47. The minimum atomic E-state index is 0.00745. The summed E-state index contributed by atoms with van der Waals surface area (Å²) < 4.78 is 6.63. The van der Waals surface area contributed by atoms with Gasteiger partial charge in [0.05, 0.1) is 5.52 Å². The molecule has 2 aromatic carbocycles. The molecule has 2 heteroatoms. The number of benzene rings is 2. The van der Waals surface area contributed by atoms with Gasteiger partial charge in [-0.05, 0) is 68.6 Å². The van der Waals surface area contributed by atoms with Gasteiger partial charge in [0.2, 0.25) is 0 Å². The van der Waals surface area contributed by atoms with E-state index in [1.807, 2.05) is 0 Å². The fourth-order valence-corrected chi connectivity index (χ4v) is 5.47. The van der Waals surface area contributed by atoms with Gasteiger partial charge < -0.3 is 9.72 Å². The van der Waals surface area contributed by atoms with Gasteiger partial charge in [-0.25, -0.2) is 0 Å². The van der Waals surface area contributed by atoms with Crippen molar-refractivity contribution in [3.8, 4) is 5.75 Å². The van der Waals surface area contributed by atoms with Crippen LogP contribution in [-0.2, 0) is 0 Å². The van der Waals surface area contributed by atoms with Crippen molar-refractivity contribution >= 4 is 21.8 Å². The summed E-state index contributed by atoms with van der Waals surface area (Å²) in [6.07, 6.45) is 3.60. The number of nitrogens with one attached hydrogen (secondary N) is 1. The van der Waals surface area contributed by atoms with E-state index in [4.69, 9.17) is 4.74 Å². The average molecular weight is 333 g/mol. The summed E-state index contributed by atoms with van der Waals surface area (Å²) in [6.45, 7) is 9.31. The molecule has 0 saturated heterocycles. The van der Waals surface area contributed by atoms with Crippen LogP contribution in [0, 0.1) is 18.8 Å². The van der Waals surface area contributed by atoms with Crippen molar-refractivity contribution in [2.75, 3.05) is 0 Å². The molecule has 2 nitrogen and oxygen atoms in total. The fourth-order valence-electron chi connectivity index (χ4n) is 5.47. The van der Waals surface area contributed by atoms with E-state index in [0.29, 0.717) is 11.8 Å². The molecule has 1 N–H and O–H groups in total. The smallest absolute Gasteiger partial charge is 0.128 e. The number of hydrogen-bond acceptors (Lipinski definition) is 1. The molecule has 1 aromatic heterocycles. The first-order valence-corrected chi connectivity index (χ1v) is 9.70. The summed E-state index contributed by atoms with van der Waals surface area (Å²) in [5.74, 6) is 3.20. The molecule has 0 amide bonds. The Balaban J connectivity index is 1.85. The minimum Gasteiger partial charge on any atom is -0.487 e. The van der Waals surface area contributed by atoms with Crippen LogP contribution in [0.1, 0.15) is 57.1 Å². The molecule has 3 atom stereocenters. The number of H-pyrrole nitrogens is 1. The first-order valence-electron chi connectivity index (χ1n) is 9.70. The number of hydrogen-bond donors (Lipinski definition) is 1.